The number of piperidine rings is 1. The van der Waals surface area contributed by atoms with Crippen LogP contribution in [0.2, 0.25) is 0 Å². The number of hydrogen-bond acceptors (Lipinski definition) is 4. The van der Waals surface area contributed by atoms with Crippen molar-refractivity contribution in [3.63, 3.8) is 0 Å². The molecule has 2 atom stereocenters. The number of aromatic nitrogens is 2. The molecule has 0 aliphatic carbocycles. The molecule has 5 heteroatoms. The van der Waals surface area contributed by atoms with Crippen LogP contribution in [0.15, 0.2) is 23.0 Å². The highest BCUT2D eigenvalue weighted by atomic mass is 16.1. The summed E-state index contributed by atoms with van der Waals surface area (Å²) < 4.78 is 0. The van der Waals surface area contributed by atoms with Gasteiger partial charge in [-0.1, -0.05) is 6.92 Å². The van der Waals surface area contributed by atoms with Gasteiger partial charge < -0.3 is 10.6 Å². The number of nitrogen functional groups attached to an aromatic ring is 1. The maximum absolute atomic E-state index is 12.2. The summed E-state index contributed by atoms with van der Waals surface area (Å²) in [6, 6.07) is 5.65. The summed E-state index contributed by atoms with van der Waals surface area (Å²) in [5.41, 5.74) is 6.88. The van der Waals surface area contributed by atoms with E-state index in [9.17, 15) is 4.79 Å². The molecule has 0 spiro atoms. The van der Waals surface area contributed by atoms with Crippen LogP contribution in [0.25, 0.3) is 10.9 Å². The number of hydrogen-bond donors (Lipinski definition) is 2. The van der Waals surface area contributed by atoms with E-state index in [-0.39, 0.29) is 5.56 Å². The first kappa shape index (κ1) is 13.0. The molecule has 20 heavy (non-hydrogen) atoms. The third-order valence-electron chi connectivity index (χ3n) is 4.36. The van der Waals surface area contributed by atoms with E-state index in [1.54, 1.807) is 18.2 Å². The molecular formula is C15H20N4O. The van der Waals surface area contributed by atoms with Gasteiger partial charge in [0, 0.05) is 18.3 Å². The molecule has 2 unspecified atom stereocenters. The van der Waals surface area contributed by atoms with Crippen molar-refractivity contribution in [3.8, 4) is 0 Å². The summed E-state index contributed by atoms with van der Waals surface area (Å²) in [7, 11) is 0. The largest absolute Gasteiger partial charge is 0.399 e. The zero-order valence-corrected chi connectivity index (χ0v) is 11.9. The molecule has 0 amide bonds. The van der Waals surface area contributed by atoms with Crippen LogP contribution in [-0.4, -0.2) is 22.6 Å². The molecular weight excluding hydrogens is 252 g/mol. The van der Waals surface area contributed by atoms with Crippen LogP contribution in [0.4, 0.5) is 11.6 Å². The highest BCUT2D eigenvalue weighted by molar-refractivity contribution is 5.81. The zero-order valence-electron chi connectivity index (χ0n) is 11.9. The predicted molar refractivity (Wildman–Crippen MR) is 82.0 cm³/mol. The summed E-state index contributed by atoms with van der Waals surface area (Å²) >= 11 is 0. The second-order valence-corrected chi connectivity index (χ2v) is 5.72. The van der Waals surface area contributed by atoms with Gasteiger partial charge in [-0.15, -0.1) is 0 Å². The number of H-pyrrole nitrogens is 1. The molecule has 1 aromatic carbocycles. The Morgan fingerprint density at radius 2 is 2.20 bits per heavy atom. The molecule has 1 aliphatic heterocycles. The molecule has 1 aromatic heterocycles. The van der Waals surface area contributed by atoms with Crippen molar-refractivity contribution < 1.29 is 0 Å². The molecule has 1 fully saturated rings. The maximum atomic E-state index is 12.2. The number of aromatic amines is 1. The molecule has 106 valence electrons. The fourth-order valence-corrected chi connectivity index (χ4v) is 2.91. The van der Waals surface area contributed by atoms with Crippen LogP contribution in [0.5, 0.6) is 0 Å². The lowest BCUT2D eigenvalue weighted by Gasteiger charge is -2.38. The van der Waals surface area contributed by atoms with E-state index in [0.29, 0.717) is 34.5 Å². The average molecular weight is 272 g/mol. The SMILES string of the molecule is CC1CCCN(c2nc3ccc(N)cc3c(=O)[nH]2)C1C. The number of nitrogens with one attached hydrogen (secondary N) is 1. The topological polar surface area (TPSA) is 75.0 Å². The summed E-state index contributed by atoms with van der Waals surface area (Å²) in [4.78, 5) is 21.9. The molecule has 2 aromatic rings. The van der Waals surface area contributed by atoms with Crippen molar-refractivity contribution in [2.45, 2.75) is 32.7 Å². The summed E-state index contributed by atoms with van der Waals surface area (Å²) in [5, 5.41) is 0.548. The van der Waals surface area contributed by atoms with Gasteiger partial charge in [-0.3, -0.25) is 9.78 Å². The van der Waals surface area contributed by atoms with Crippen molar-refractivity contribution in [1.29, 1.82) is 0 Å². The van der Waals surface area contributed by atoms with Gasteiger partial charge in [0.25, 0.3) is 5.56 Å². The van der Waals surface area contributed by atoms with Crippen LogP contribution < -0.4 is 16.2 Å². The average Bonchev–Trinajstić information content (AvgIpc) is 2.42. The number of nitrogens with zero attached hydrogens (tertiary/aromatic N) is 2. The van der Waals surface area contributed by atoms with Crippen molar-refractivity contribution in [2.75, 3.05) is 17.2 Å². The molecule has 1 saturated heterocycles. The Kier molecular flexibility index (Phi) is 3.12. The normalized spacial score (nSPS) is 23.2. The van der Waals surface area contributed by atoms with E-state index >= 15 is 0 Å². The zero-order chi connectivity index (χ0) is 14.3. The summed E-state index contributed by atoms with van der Waals surface area (Å²) in [6.07, 6.45) is 2.36. The molecule has 3 rings (SSSR count). The first-order valence-corrected chi connectivity index (χ1v) is 7.12. The van der Waals surface area contributed by atoms with E-state index in [4.69, 9.17) is 5.73 Å². The lowest BCUT2D eigenvalue weighted by Crippen LogP contribution is -2.44. The van der Waals surface area contributed by atoms with Crippen molar-refractivity contribution in [2.24, 2.45) is 5.92 Å². The van der Waals surface area contributed by atoms with Crippen molar-refractivity contribution in [3.05, 3.63) is 28.6 Å². The molecule has 3 N–H and O–H groups in total. The molecule has 2 heterocycles. The van der Waals surface area contributed by atoms with Gasteiger partial charge in [-0.25, -0.2) is 4.98 Å². The highest BCUT2D eigenvalue weighted by Crippen LogP contribution is 2.26. The fraction of sp³-hybridized carbons (Fsp3) is 0.467. The van der Waals surface area contributed by atoms with Gasteiger partial charge in [-0.2, -0.15) is 0 Å². The van der Waals surface area contributed by atoms with E-state index in [1.807, 2.05) is 0 Å². The number of benzene rings is 1. The Morgan fingerprint density at radius 3 is 3.00 bits per heavy atom. The van der Waals surface area contributed by atoms with E-state index in [1.165, 1.54) is 6.42 Å². The Bertz CT molecular complexity index is 694. The smallest absolute Gasteiger partial charge is 0.260 e. The van der Waals surface area contributed by atoms with Gasteiger partial charge in [0.15, 0.2) is 0 Å². The lowest BCUT2D eigenvalue weighted by molar-refractivity contribution is 0.359. The monoisotopic (exact) mass is 272 g/mol. The van der Waals surface area contributed by atoms with Gasteiger partial charge in [-0.05, 0) is 43.9 Å². The first-order valence-electron chi connectivity index (χ1n) is 7.12. The van der Waals surface area contributed by atoms with Gasteiger partial charge in [0.05, 0.1) is 10.9 Å². The van der Waals surface area contributed by atoms with Crippen LogP contribution >= 0.6 is 0 Å². The number of rotatable bonds is 1. The molecule has 1 aliphatic rings. The van der Waals surface area contributed by atoms with Gasteiger partial charge >= 0.3 is 0 Å². The lowest BCUT2D eigenvalue weighted by atomic mass is 9.92. The maximum Gasteiger partial charge on any atom is 0.260 e. The first-order chi connectivity index (χ1) is 9.56. The van der Waals surface area contributed by atoms with E-state index in [0.717, 1.165) is 13.0 Å². The van der Waals surface area contributed by atoms with Crippen LogP contribution in [0, 0.1) is 5.92 Å². The van der Waals surface area contributed by atoms with Gasteiger partial charge in [0.1, 0.15) is 0 Å². The number of nitrogens with two attached hydrogens (primary N) is 1. The highest BCUT2D eigenvalue weighted by Gasteiger charge is 2.26. The molecule has 0 radical (unpaired) electrons. The minimum Gasteiger partial charge on any atom is -0.399 e. The van der Waals surface area contributed by atoms with Gasteiger partial charge in [0.2, 0.25) is 5.95 Å². The molecule has 0 saturated carbocycles. The fourth-order valence-electron chi connectivity index (χ4n) is 2.91. The Morgan fingerprint density at radius 1 is 1.40 bits per heavy atom. The van der Waals surface area contributed by atoms with Crippen LogP contribution in [0.3, 0.4) is 0 Å². The quantitative estimate of drug-likeness (QED) is 0.780. The van der Waals surface area contributed by atoms with Crippen LogP contribution in [0.1, 0.15) is 26.7 Å². The minimum absolute atomic E-state index is 0.122. The number of anilines is 2. The van der Waals surface area contributed by atoms with Crippen molar-refractivity contribution in [1.82, 2.24) is 9.97 Å². The Hall–Kier alpha value is -2.04. The standard InChI is InChI=1S/C15H20N4O/c1-9-4-3-7-19(10(9)2)15-17-13-6-5-11(16)8-12(13)14(20)18-15/h5-6,8-10H,3-4,7,16H2,1-2H3,(H,17,18,20). The third-order valence-corrected chi connectivity index (χ3v) is 4.36. The number of fused-ring (bicyclic) bond motifs is 1. The van der Waals surface area contributed by atoms with Crippen LogP contribution in [-0.2, 0) is 0 Å². The third kappa shape index (κ3) is 2.13. The molecule has 5 nitrogen and oxygen atoms in total. The Labute approximate surface area is 117 Å². The second kappa shape index (κ2) is 4.81. The summed E-state index contributed by atoms with van der Waals surface area (Å²) in [6.45, 7) is 5.38. The Balaban J connectivity index is 2.08. The predicted octanol–water partition coefficient (Wildman–Crippen LogP) is 2.13. The van der Waals surface area contributed by atoms with Crippen molar-refractivity contribution >= 4 is 22.5 Å². The minimum atomic E-state index is -0.122. The van der Waals surface area contributed by atoms with E-state index in [2.05, 4.69) is 28.7 Å². The summed E-state index contributed by atoms with van der Waals surface area (Å²) in [5.74, 6) is 1.28. The van der Waals surface area contributed by atoms with E-state index < -0.39 is 0 Å². The second-order valence-electron chi connectivity index (χ2n) is 5.72. The molecule has 0 bridgehead atoms.